The van der Waals surface area contributed by atoms with Gasteiger partial charge in [0.15, 0.2) is 5.78 Å². The summed E-state index contributed by atoms with van der Waals surface area (Å²) >= 11 is 19.0. The summed E-state index contributed by atoms with van der Waals surface area (Å²) in [5.74, 6) is -0.491. The zero-order valence-electron chi connectivity index (χ0n) is 26.1. The lowest BCUT2D eigenvalue weighted by Crippen LogP contribution is -2.38. The molecular weight excluding hydrogens is 631 g/mol. The number of nitrogens with zero attached hydrogens (tertiary/aromatic N) is 4. The van der Waals surface area contributed by atoms with Gasteiger partial charge in [0.1, 0.15) is 7.11 Å². The summed E-state index contributed by atoms with van der Waals surface area (Å²) in [4.78, 5) is 34.4. The Hall–Kier alpha value is -3.10. The quantitative estimate of drug-likeness (QED) is 0.0915. The molecule has 0 saturated carbocycles. The lowest BCUT2D eigenvalue weighted by molar-refractivity contribution is 0.0931. The highest BCUT2D eigenvalue weighted by atomic mass is 35.5. The van der Waals surface area contributed by atoms with Crippen molar-refractivity contribution < 1.29 is 9.63 Å². The van der Waals surface area contributed by atoms with Gasteiger partial charge in [-0.25, -0.2) is 4.79 Å². The molecule has 0 aliphatic carbocycles. The van der Waals surface area contributed by atoms with Crippen LogP contribution in [0.3, 0.4) is 0 Å². The molecule has 1 aromatic heterocycles. The molecule has 0 bridgehead atoms. The van der Waals surface area contributed by atoms with Crippen molar-refractivity contribution in [3.05, 3.63) is 103 Å². The van der Waals surface area contributed by atoms with E-state index in [4.69, 9.17) is 39.6 Å². The molecule has 1 aliphatic rings. The number of Topliss-reactive ketones (excluding diaryl/α,β-unsaturated/α-hetero) is 1. The van der Waals surface area contributed by atoms with Crippen LogP contribution in [0, 0.1) is 12.8 Å². The van der Waals surface area contributed by atoms with Crippen molar-refractivity contribution in [1.82, 2.24) is 14.0 Å². The number of oxime groups is 1. The highest BCUT2D eigenvalue weighted by Gasteiger charge is 2.29. The van der Waals surface area contributed by atoms with Gasteiger partial charge < -0.3 is 9.74 Å². The molecule has 2 unspecified atom stereocenters. The summed E-state index contributed by atoms with van der Waals surface area (Å²) in [5, 5.41) is 5.95. The second kappa shape index (κ2) is 14.5. The first-order valence-electron chi connectivity index (χ1n) is 15.3. The maximum Gasteiger partial charge on any atom is 0.329 e. The zero-order valence-corrected chi connectivity index (χ0v) is 28.4. The first-order valence-corrected chi connectivity index (χ1v) is 16.4. The number of imidazole rings is 1. The number of hydrogen-bond acceptors (Lipinski definition) is 5. The molecule has 45 heavy (non-hydrogen) atoms. The number of likely N-dealkylation sites (tertiary alicyclic amines) is 1. The minimum atomic E-state index is -0.350. The third kappa shape index (κ3) is 7.49. The Morgan fingerprint density at radius 1 is 1.00 bits per heavy atom. The van der Waals surface area contributed by atoms with E-state index in [0.717, 1.165) is 66.8 Å². The van der Waals surface area contributed by atoms with Crippen LogP contribution in [-0.4, -0.2) is 52.3 Å². The Morgan fingerprint density at radius 3 is 2.38 bits per heavy atom. The Morgan fingerprint density at radius 2 is 1.71 bits per heavy atom. The van der Waals surface area contributed by atoms with Crippen molar-refractivity contribution in [1.29, 1.82) is 0 Å². The van der Waals surface area contributed by atoms with Crippen molar-refractivity contribution in [3.63, 3.8) is 0 Å². The normalized spacial score (nSPS) is 16.2. The number of carbonyl (C=O) groups is 1. The molecule has 1 fully saturated rings. The molecule has 4 aromatic rings. The predicted octanol–water partition coefficient (Wildman–Crippen LogP) is 8.33. The van der Waals surface area contributed by atoms with E-state index in [1.807, 2.05) is 74.0 Å². The van der Waals surface area contributed by atoms with Gasteiger partial charge in [-0.05, 0) is 92.7 Å². The molecule has 3 aromatic carbocycles. The molecule has 0 N–H and O–H groups in total. The molecule has 5 rings (SSSR count). The van der Waals surface area contributed by atoms with Gasteiger partial charge in [0, 0.05) is 48.6 Å². The summed E-state index contributed by atoms with van der Waals surface area (Å²) in [5.41, 5.74) is 5.24. The Kier molecular flexibility index (Phi) is 10.8. The van der Waals surface area contributed by atoms with Crippen molar-refractivity contribution in [2.75, 3.05) is 26.7 Å². The molecular formula is C35H39Cl3N4O3. The first-order chi connectivity index (χ1) is 21.6. The lowest BCUT2D eigenvalue weighted by Gasteiger charge is -2.33. The monoisotopic (exact) mass is 668 g/mol. The van der Waals surface area contributed by atoms with E-state index in [9.17, 15) is 9.59 Å². The zero-order chi connectivity index (χ0) is 32.2. The van der Waals surface area contributed by atoms with Gasteiger partial charge in [-0.3, -0.25) is 13.9 Å². The van der Waals surface area contributed by atoms with Crippen LogP contribution in [0.25, 0.3) is 11.0 Å². The minimum Gasteiger partial charge on any atom is -0.399 e. The third-order valence-electron chi connectivity index (χ3n) is 8.90. The van der Waals surface area contributed by atoms with Crippen LogP contribution < -0.4 is 5.69 Å². The van der Waals surface area contributed by atoms with Crippen LogP contribution in [0.15, 0.2) is 70.6 Å². The van der Waals surface area contributed by atoms with Crippen LogP contribution in [0.5, 0.6) is 0 Å². The topological polar surface area (TPSA) is 68.8 Å². The van der Waals surface area contributed by atoms with Crippen molar-refractivity contribution in [2.45, 2.75) is 51.5 Å². The molecule has 0 radical (unpaired) electrons. The number of halogens is 3. The molecule has 0 amide bonds. The minimum absolute atomic E-state index is 0.00282. The van der Waals surface area contributed by atoms with Gasteiger partial charge in [-0.15, -0.1) is 0 Å². The highest BCUT2D eigenvalue weighted by Crippen LogP contribution is 2.33. The fourth-order valence-electron chi connectivity index (χ4n) is 6.57. The van der Waals surface area contributed by atoms with Crippen molar-refractivity contribution in [3.8, 4) is 0 Å². The summed E-state index contributed by atoms with van der Waals surface area (Å²) in [7, 11) is 3.36. The van der Waals surface area contributed by atoms with Crippen LogP contribution in [-0.2, 0) is 11.9 Å². The molecule has 1 aliphatic heterocycles. The van der Waals surface area contributed by atoms with E-state index in [2.05, 4.69) is 10.1 Å². The molecule has 2 heterocycles. The maximum absolute atomic E-state index is 13.5. The number of hydrogen-bond donors (Lipinski definition) is 0. The predicted molar refractivity (Wildman–Crippen MR) is 184 cm³/mol. The van der Waals surface area contributed by atoms with E-state index in [-0.39, 0.29) is 29.4 Å². The average Bonchev–Trinajstić information content (AvgIpc) is 3.27. The van der Waals surface area contributed by atoms with Crippen LogP contribution in [0.1, 0.15) is 66.1 Å². The molecule has 0 spiro atoms. The van der Waals surface area contributed by atoms with Crippen molar-refractivity contribution >= 4 is 57.3 Å². The SMILES string of the molecule is CO/N=C(\CC(C)C(=O)c1cc(C)cc(Cl)c1)C(CCN1CCC(n2c(=O)n(C)c3ccccc32)CC1)c1ccc(Cl)c(Cl)c1. The van der Waals surface area contributed by atoms with Crippen LogP contribution in [0.4, 0.5) is 0 Å². The molecule has 2 atom stereocenters. The van der Waals surface area contributed by atoms with E-state index >= 15 is 0 Å². The van der Waals surface area contributed by atoms with E-state index in [1.165, 1.54) is 7.11 Å². The summed E-state index contributed by atoms with van der Waals surface area (Å²) in [6.45, 7) is 6.38. The lowest BCUT2D eigenvalue weighted by atomic mass is 9.84. The van der Waals surface area contributed by atoms with Gasteiger partial charge in [-0.2, -0.15) is 0 Å². The van der Waals surface area contributed by atoms with Crippen molar-refractivity contribution in [2.24, 2.45) is 18.1 Å². The maximum atomic E-state index is 13.5. The number of carbonyl (C=O) groups excluding carboxylic acids is 1. The number of para-hydroxylation sites is 2. The smallest absolute Gasteiger partial charge is 0.329 e. The number of piperidine rings is 1. The Labute approximate surface area is 279 Å². The fourth-order valence-corrected chi connectivity index (χ4v) is 7.17. The number of aryl methyl sites for hydroxylation is 2. The molecule has 238 valence electrons. The largest absolute Gasteiger partial charge is 0.399 e. The van der Waals surface area contributed by atoms with Gasteiger partial charge >= 0.3 is 5.69 Å². The summed E-state index contributed by atoms with van der Waals surface area (Å²) in [6.07, 6.45) is 2.93. The van der Waals surface area contributed by atoms with Crippen LogP contribution >= 0.6 is 34.8 Å². The third-order valence-corrected chi connectivity index (χ3v) is 9.86. The van der Waals surface area contributed by atoms with Crippen LogP contribution in [0.2, 0.25) is 15.1 Å². The number of aromatic nitrogens is 2. The molecule has 1 saturated heterocycles. The number of rotatable bonds is 11. The van der Waals surface area contributed by atoms with E-state index in [0.29, 0.717) is 27.1 Å². The van der Waals surface area contributed by atoms with Gasteiger partial charge in [0.05, 0.1) is 26.8 Å². The highest BCUT2D eigenvalue weighted by molar-refractivity contribution is 6.42. The second-order valence-electron chi connectivity index (χ2n) is 12.0. The number of ketones is 1. The summed E-state index contributed by atoms with van der Waals surface area (Å²) < 4.78 is 3.70. The average molecular weight is 670 g/mol. The second-order valence-corrected chi connectivity index (χ2v) is 13.3. The van der Waals surface area contributed by atoms with Gasteiger partial charge in [0.25, 0.3) is 0 Å². The molecule has 10 heteroatoms. The van der Waals surface area contributed by atoms with E-state index < -0.39 is 0 Å². The summed E-state index contributed by atoms with van der Waals surface area (Å²) in [6, 6.07) is 19.2. The van der Waals surface area contributed by atoms with Gasteiger partial charge in [0.2, 0.25) is 0 Å². The standard InChI is InChI=1S/C35H39Cl3N4O3/c1-22-17-25(20-26(36)18-22)34(43)23(2)19-31(39-45-4)28(24-9-10-29(37)30(38)21-24)13-16-41-14-11-27(12-15-41)42-33-8-6-5-7-32(33)40(3)35(42)44/h5-10,17-18,20-21,23,27-28H,11-16,19H2,1-4H3/b39-31+. The Balaban J connectivity index is 1.32. The molecule has 7 nitrogen and oxygen atoms in total. The van der Waals surface area contributed by atoms with E-state index in [1.54, 1.807) is 16.7 Å². The number of benzene rings is 3. The Bertz CT molecular complexity index is 1750. The first kappa shape index (κ1) is 33.3. The fraction of sp³-hybridized carbons (Fsp3) is 0.400. The van der Waals surface area contributed by atoms with Gasteiger partial charge in [-0.1, -0.05) is 65.1 Å². The number of fused-ring (bicyclic) bond motifs is 1.